The normalized spacial score (nSPS) is 11.5. The molecule has 2 rings (SSSR count). The van der Waals surface area contributed by atoms with E-state index >= 15 is 0 Å². The van der Waals surface area contributed by atoms with Crippen LogP contribution in [0.2, 0.25) is 0 Å². The second-order valence-corrected chi connectivity index (χ2v) is 6.37. The highest BCUT2D eigenvalue weighted by Crippen LogP contribution is 2.31. The number of nitrogens with zero attached hydrogens (tertiary/aromatic N) is 2. The van der Waals surface area contributed by atoms with Gasteiger partial charge in [-0.15, -0.1) is 0 Å². The molecule has 0 aliphatic heterocycles. The number of pyridine rings is 1. The van der Waals surface area contributed by atoms with Gasteiger partial charge >= 0.3 is 12.1 Å². The Morgan fingerprint density at radius 3 is 2.64 bits per heavy atom. The van der Waals surface area contributed by atoms with Crippen LogP contribution in [-0.4, -0.2) is 33.8 Å². The average molecular weight is 369 g/mol. The van der Waals surface area contributed by atoms with E-state index in [0.717, 1.165) is 4.57 Å². The molecule has 0 aliphatic rings. The van der Waals surface area contributed by atoms with E-state index in [4.69, 9.17) is 9.47 Å². The zero-order chi connectivity index (χ0) is 16.5. The molecule has 0 unspecified atom stereocenters. The maximum Gasteiger partial charge on any atom is 0.421 e. The number of rotatable bonds is 2. The van der Waals surface area contributed by atoms with E-state index in [9.17, 15) is 9.59 Å². The number of ether oxygens (including phenoxy) is 2. The van der Waals surface area contributed by atoms with Gasteiger partial charge in [0.1, 0.15) is 5.60 Å². The minimum atomic E-state index is -0.694. The maximum atomic E-state index is 12.5. The van der Waals surface area contributed by atoms with Crippen LogP contribution in [0.15, 0.2) is 22.8 Å². The molecule has 0 saturated carbocycles. The molecule has 2 aromatic rings. The summed E-state index contributed by atoms with van der Waals surface area (Å²) < 4.78 is 12.0. The van der Waals surface area contributed by atoms with E-state index in [1.54, 1.807) is 46.0 Å². The van der Waals surface area contributed by atoms with Crippen molar-refractivity contribution < 1.29 is 19.1 Å². The molecule has 0 fully saturated rings. The Labute approximate surface area is 136 Å². The van der Waals surface area contributed by atoms with Crippen molar-refractivity contribution in [1.29, 1.82) is 0 Å². The average Bonchev–Trinajstić information content (AvgIpc) is 2.71. The minimum absolute atomic E-state index is 0.0739. The van der Waals surface area contributed by atoms with Crippen LogP contribution in [0, 0.1) is 0 Å². The predicted molar refractivity (Wildman–Crippen MR) is 85.0 cm³/mol. The van der Waals surface area contributed by atoms with Gasteiger partial charge in [-0.2, -0.15) is 0 Å². The third kappa shape index (κ3) is 3.14. The van der Waals surface area contributed by atoms with Crippen LogP contribution in [0.1, 0.15) is 38.2 Å². The lowest BCUT2D eigenvalue weighted by Crippen LogP contribution is -2.29. The van der Waals surface area contributed by atoms with Gasteiger partial charge < -0.3 is 9.47 Å². The molecule has 0 radical (unpaired) electrons. The predicted octanol–water partition coefficient (Wildman–Crippen LogP) is 3.76. The van der Waals surface area contributed by atoms with Gasteiger partial charge in [-0.1, -0.05) is 0 Å². The molecule has 0 bridgehead atoms. The van der Waals surface area contributed by atoms with Gasteiger partial charge in [0.15, 0.2) is 11.3 Å². The van der Waals surface area contributed by atoms with Crippen LogP contribution in [0.5, 0.6) is 0 Å². The van der Waals surface area contributed by atoms with Crippen molar-refractivity contribution in [3.63, 3.8) is 0 Å². The minimum Gasteiger partial charge on any atom is -0.461 e. The zero-order valence-corrected chi connectivity index (χ0v) is 14.4. The van der Waals surface area contributed by atoms with Crippen molar-refractivity contribution in [3.8, 4) is 0 Å². The fourth-order valence-electron chi connectivity index (χ4n) is 1.94. The first-order valence-corrected chi connectivity index (χ1v) is 7.61. The maximum absolute atomic E-state index is 12.5. The molecular formula is C15H17BrN2O4. The molecule has 0 aromatic carbocycles. The number of aromatic nitrogens is 2. The first-order valence-electron chi connectivity index (χ1n) is 6.81. The molecule has 22 heavy (non-hydrogen) atoms. The third-order valence-corrected chi connectivity index (χ3v) is 3.51. The van der Waals surface area contributed by atoms with E-state index in [0.29, 0.717) is 15.5 Å². The lowest BCUT2D eigenvalue weighted by molar-refractivity contribution is 0.0452. The van der Waals surface area contributed by atoms with E-state index in [-0.39, 0.29) is 12.3 Å². The van der Waals surface area contributed by atoms with Gasteiger partial charge in [0.2, 0.25) is 0 Å². The van der Waals surface area contributed by atoms with Crippen LogP contribution in [-0.2, 0) is 9.47 Å². The first kappa shape index (κ1) is 16.5. The molecule has 0 N–H and O–H groups in total. The Balaban J connectivity index is 2.66. The van der Waals surface area contributed by atoms with Gasteiger partial charge in [-0.05, 0) is 55.8 Å². The molecular weight excluding hydrogens is 352 g/mol. The molecule has 0 aliphatic carbocycles. The second kappa shape index (κ2) is 6.08. The summed E-state index contributed by atoms with van der Waals surface area (Å²) in [6.45, 7) is 7.16. The molecule has 6 nitrogen and oxygen atoms in total. The molecule has 0 saturated heterocycles. The number of hydrogen-bond acceptors (Lipinski definition) is 5. The smallest absolute Gasteiger partial charge is 0.421 e. The Morgan fingerprint density at radius 1 is 1.36 bits per heavy atom. The Hall–Kier alpha value is -1.89. The SMILES string of the molecule is CCOC(=O)c1c(Br)c2cccnc2n1C(=O)OC(C)(C)C. The van der Waals surface area contributed by atoms with Crippen molar-refractivity contribution in [2.45, 2.75) is 33.3 Å². The molecule has 2 aromatic heterocycles. The fourth-order valence-corrected chi connectivity index (χ4v) is 2.59. The quantitative estimate of drug-likeness (QED) is 0.754. The molecule has 7 heteroatoms. The summed E-state index contributed by atoms with van der Waals surface area (Å²) in [7, 11) is 0. The zero-order valence-electron chi connectivity index (χ0n) is 12.8. The summed E-state index contributed by atoms with van der Waals surface area (Å²) in [5, 5.41) is 0.636. The van der Waals surface area contributed by atoms with Gasteiger partial charge in [0, 0.05) is 11.6 Å². The number of fused-ring (bicyclic) bond motifs is 1. The van der Waals surface area contributed by atoms with Crippen LogP contribution in [0.4, 0.5) is 4.79 Å². The lowest BCUT2D eigenvalue weighted by Gasteiger charge is -2.20. The van der Waals surface area contributed by atoms with Crippen molar-refractivity contribution in [1.82, 2.24) is 9.55 Å². The topological polar surface area (TPSA) is 70.4 Å². The number of esters is 1. The van der Waals surface area contributed by atoms with E-state index in [1.165, 1.54) is 0 Å². The second-order valence-electron chi connectivity index (χ2n) is 5.57. The van der Waals surface area contributed by atoms with Gasteiger partial charge in [-0.3, -0.25) is 0 Å². The highest BCUT2D eigenvalue weighted by Gasteiger charge is 2.29. The van der Waals surface area contributed by atoms with E-state index in [2.05, 4.69) is 20.9 Å². The number of hydrogen-bond donors (Lipinski definition) is 0. The molecule has 2 heterocycles. The van der Waals surface area contributed by atoms with Crippen molar-refractivity contribution >= 4 is 39.0 Å². The lowest BCUT2D eigenvalue weighted by atomic mass is 10.2. The highest BCUT2D eigenvalue weighted by atomic mass is 79.9. The number of halogens is 1. The standard InChI is InChI=1S/C15H17BrN2O4/c1-5-21-13(19)11-10(16)9-7-6-8-17-12(9)18(11)14(20)22-15(2,3)4/h6-8H,5H2,1-4H3. The van der Waals surface area contributed by atoms with Crippen LogP contribution < -0.4 is 0 Å². The van der Waals surface area contributed by atoms with Gasteiger partial charge in [0.05, 0.1) is 11.1 Å². The number of carbonyl (C=O) groups excluding carboxylic acids is 2. The van der Waals surface area contributed by atoms with E-state index < -0.39 is 17.7 Å². The summed E-state index contributed by atoms with van der Waals surface area (Å²) in [5.41, 5.74) is -0.280. The Bertz CT molecular complexity index is 731. The summed E-state index contributed by atoms with van der Waals surface area (Å²) in [6.07, 6.45) is 0.870. The van der Waals surface area contributed by atoms with Crippen molar-refractivity contribution in [2.75, 3.05) is 6.61 Å². The monoisotopic (exact) mass is 368 g/mol. The van der Waals surface area contributed by atoms with Gasteiger partial charge in [-0.25, -0.2) is 19.1 Å². The largest absolute Gasteiger partial charge is 0.461 e. The molecule has 0 spiro atoms. The summed E-state index contributed by atoms with van der Waals surface area (Å²) >= 11 is 3.35. The Kier molecular flexibility index (Phi) is 4.55. The molecule has 118 valence electrons. The Morgan fingerprint density at radius 2 is 2.05 bits per heavy atom. The van der Waals surface area contributed by atoms with Gasteiger partial charge in [0.25, 0.3) is 0 Å². The van der Waals surface area contributed by atoms with Crippen molar-refractivity contribution in [3.05, 3.63) is 28.5 Å². The fraction of sp³-hybridized carbons (Fsp3) is 0.400. The van der Waals surface area contributed by atoms with Crippen molar-refractivity contribution in [2.24, 2.45) is 0 Å². The summed E-state index contributed by atoms with van der Waals surface area (Å²) in [5.74, 6) is -0.613. The molecule has 0 atom stereocenters. The summed E-state index contributed by atoms with van der Waals surface area (Å²) in [4.78, 5) is 28.9. The number of carbonyl (C=O) groups is 2. The van der Waals surface area contributed by atoms with Crippen LogP contribution >= 0.6 is 15.9 Å². The van der Waals surface area contributed by atoms with Crippen LogP contribution in [0.3, 0.4) is 0 Å². The third-order valence-electron chi connectivity index (χ3n) is 2.71. The summed E-state index contributed by atoms with van der Waals surface area (Å²) in [6, 6.07) is 3.48. The molecule has 0 amide bonds. The van der Waals surface area contributed by atoms with E-state index in [1.807, 2.05) is 0 Å². The van der Waals surface area contributed by atoms with Crippen LogP contribution in [0.25, 0.3) is 11.0 Å². The highest BCUT2D eigenvalue weighted by molar-refractivity contribution is 9.10. The first-order chi connectivity index (χ1) is 10.3.